The number of nitro groups is 1. The average Bonchev–Trinajstić information content (AvgIpc) is 3.18. The van der Waals surface area contributed by atoms with Gasteiger partial charge in [-0.15, -0.1) is 11.3 Å². The van der Waals surface area contributed by atoms with Gasteiger partial charge in [-0.05, 0) is 45.8 Å². The van der Waals surface area contributed by atoms with Gasteiger partial charge >= 0.3 is 0 Å². The molecule has 0 fully saturated rings. The van der Waals surface area contributed by atoms with Crippen LogP contribution in [0.5, 0.6) is 11.5 Å². The zero-order valence-corrected chi connectivity index (χ0v) is 14.5. The van der Waals surface area contributed by atoms with E-state index in [-0.39, 0.29) is 12.5 Å². The van der Waals surface area contributed by atoms with Crippen molar-refractivity contribution in [1.29, 1.82) is 0 Å². The van der Waals surface area contributed by atoms with Crippen molar-refractivity contribution in [3.8, 4) is 11.5 Å². The van der Waals surface area contributed by atoms with Crippen LogP contribution in [0.4, 0.5) is 5.69 Å². The van der Waals surface area contributed by atoms with Gasteiger partial charge in [-0.2, -0.15) is 0 Å². The van der Waals surface area contributed by atoms with E-state index in [2.05, 4.69) is 20.9 Å². The number of ether oxygens (including phenoxy) is 2. The molecule has 0 bridgehead atoms. The van der Waals surface area contributed by atoms with Gasteiger partial charge in [0.2, 0.25) is 6.79 Å². The van der Waals surface area contributed by atoms with Gasteiger partial charge in [0.05, 0.1) is 19.6 Å². The van der Waals surface area contributed by atoms with Crippen LogP contribution in [0.2, 0.25) is 0 Å². The summed E-state index contributed by atoms with van der Waals surface area (Å²) in [6.07, 6.45) is 3.79. The second-order valence-corrected chi connectivity index (χ2v) is 6.95. The second kappa shape index (κ2) is 5.88. The molecule has 0 unspecified atom stereocenters. The average molecular weight is 405 g/mol. The number of nitrogens with zero attached hydrogens (tertiary/aromatic N) is 2. The van der Waals surface area contributed by atoms with Crippen molar-refractivity contribution in [3.05, 3.63) is 55.5 Å². The fourth-order valence-electron chi connectivity index (χ4n) is 2.37. The fourth-order valence-corrected chi connectivity index (χ4v) is 3.84. The predicted octanol–water partition coefficient (Wildman–Crippen LogP) is 4.87. The zero-order chi connectivity index (χ0) is 16.7. The van der Waals surface area contributed by atoms with Crippen LogP contribution in [-0.2, 0) is 0 Å². The van der Waals surface area contributed by atoms with Crippen LogP contribution in [0, 0.1) is 10.1 Å². The third-order valence-electron chi connectivity index (χ3n) is 3.47. The van der Waals surface area contributed by atoms with Crippen LogP contribution >= 0.6 is 27.3 Å². The van der Waals surface area contributed by atoms with Crippen molar-refractivity contribution in [1.82, 2.24) is 4.98 Å². The third-order valence-corrected chi connectivity index (χ3v) is 5.04. The third kappa shape index (κ3) is 2.74. The van der Waals surface area contributed by atoms with Crippen molar-refractivity contribution in [2.75, 3.05) is 6.79 Å². The molecule has 24 heavy (non-hydrogen) atoms. The highest BCUT2D eigenvalue weighted by Gasteiger charge is 2.17. The monoisotopic (exact) mass is 404 g/mol. The largest absolute Gasteiger partial charge is 0.454 e. The summed E-state index contributed by atoms with van der Waals surface area (Å²) in [5.74, 6) is 1.41. The summed E-state index contributed by atoms with van der Waals surface area (Å²) in [6.45, 7) is 0.220. The molecule has 2 aromatic carbocycles. The minimum atomic E-state index is -0.404. The molecule has 1 aromatic heterocycles. The number of rotatable bonds is 3. The van der Waals surface area contributed by atoms with Crippen LogP contribution in [0.1, 0.15) is 10.6 Å². The lowest BCUT2D eigenvalue weighted by atomic mass is 10.2. The van der Waals surface area contributed by atoms with Crippen molar-refractivity contribution < 1.29 is 14.4 Å². The molecule has 0 radical (unpaired) electrons. The molecule has 120 valence electrons. The molecule has 4 rings (SSSR count). The molecule has 2 heterocycles. The van der Waals surface area contributed by atoms with Gasteiger partial charge in [0.25, 0.3) is 5.69 Å². The highest BCUT2D eigenvalue weighted by molar-refractivity contribution is 9.10. The van der Waals surface area contributed by atoms with Crippen molar-refractivity contribution in [2.45, 2.75) is 0 Å². The smallest absolute Gasteiger partial charge is 0.270 e. The van der Waals surface area contributed by atoms with E-state index in [0.29, 0.717) is 11.5 Å². The molecular formula is C16H9BrN2O4S. The first-order chi connectivity index (χ1) is 11.6. The van der Waals surface area contributed by atoms with E-state index in [1.165, 1.54) is 17.4 Å². The van der Waals surface area contributed by atoms with Crippen LogP contribution in [0.3, 0.4) is 0 Å². The van der Waals surface area contributed by atoms with E-state index < -0.39 is 4.92 Å². The first-order valence-electron chi connectivity index (χ1n) is 6.92. The summed E-state index contributed by atoms with van der Waals surface area (Å²) < 4.78 is 12.4. The molecule has 3 aromatic rings. The number of halogens is 1. The Morgan fingerprint density at radius 2 is 2.12 bits per heavy atom. The summed E-state index contributed by atoms with van der Waals surface area (Å²) in [5.41, 5.74) is 1.76. The molecule has 0 aliphatic carbocycles. The van der Waals surface area contributed by atoms with E-state index in [0.717, 1.165) is 25.3 Å². The molecule has 0 saturated carbocycles. The minimum absolute atomic E-state index is 0.0707. The lowest BCUT2D eigenvalue weighted by Crippen LogP contribution is -1.93. The fraction of sp³-hybridized carbons (Fsp3) is 0.0625. The number of fused-ring (bicyclic) bond motifs is 2. The highest BCUT2D eigenvalue weighted by Crippen LogP contribution is 2.40. The SMILES string of the molecule is O=[N+]([O-])c1ccc2nc(/C=C/c3cc(Br)c4c(c3)OCO4)sc2c1. The van der Waals surface area contributed by atoms with Gasteiger partial charge in [-0.3, -0.25) is 10.1 Å². The van der Waals surface area contributed by atoms with Crippen LogP contribution in [0.25, 0.3) is 22.4 Å². The normalized spacial score (nSPS) is 13.0. The Morgan fingerprint density at radius 1 is 1.25 bits per heavy atom. The van der Waals surface area contributed by atoms with Gasteiger partial charge in [-0.25, -0.2) is 4.98 Å². The summed E-state index contributed by atoms with van der Waals surface area (Å²) in [6, 6.07) is 8.49. The predicted molar refractivity (Wildman–Crippen MR) is 95.5 cm³/mol. The van der Waals surface area contributed by atoms with E-state index in [9.17, 15) is 10.1 Å². The number of benzene rings is 2. The topological polar surface area (TPSA) is 74.5 Å². The van der Waals surface area contributed by atoms with Crippen molar-refractivity contribution in [3.63, 3.8) is 0 Å². The molecule has 0 spiro atoms. The van der Waals surface area contributed by atoms with E-state index >= 15 is 0 Å². The van der Waals surface area contributed by atoms with Gasteiger partial charge in [0, 0.05) is 12.1 Å². The Balaban J connectivity index is 1.65. The minimum Gasteiger partial charge on any atom is -0.454 e. The maximum atomic E-state index is 10.8. The molecule has 6 nitrogen and oxygen atoms in total. The number of non-ortho nitro benzene ring substituents is 1. The van der Waals surface area contributed by atoms with E-state index in [1.54, 1.807) is 12.1 Å². The van der Waals surface area contributed by atoms with Crippen LogP contribution in [-0.4, -0.2) is 16.7 Å². The first-order valence-corrected chi connectivity index (χ1v) is 8.53. The first kappa shape index (κ1) is 15.1. The molecule has 0 atom stereocenters. The maximum absolute atomic E-state index is 10.8. The summed E-state index contributed by atoms with van der Waals surface area (Å²) in [7, 11) is 0. The molecular weight excluding hydrogens is 396 g/mol. The molecule has 0 saturated heterocycles. The number of hydrogen-bond acceptors (Lipinski definition) is 6. The van der Waals surface area contributed by atoms with Gasteiger partial charge in [0.15, 0.2) is 11.5 Å². The standard InChI is InChI=1S/C16H9BrN2O4S/c17-11-5-9(6-13-16(11)23-8-22-13)1-4-15-18-12-3-2-10(19(20)21)7-14(12)24-15/h1-7H,8H2/b4-1+. The van der Waals surface area contributed by atoms with Crippen LogP contribution < -0.4 is 9.47 Å². The van der Waals surface area contributed by atoms with Crippen LogP contribution in [0.15, 0.2) is 34.8 Å². The lowest BCUT2D eigenvalue weighted by molar-refractivity contribution is -0.384. The Labute approximate surface area is 148 Å². The maximum Gasteiger partial charge on any atom is 0.270 e. The molecule has 1 aliphatic heterocycles. The van der Waals surface area contributed by atoms with Gasteiger partial charge < -0.3 is 9.47 Å². The van der Waals surface area contributed by atoms with Crippen molar-refractivity contribution >= 4 is 55.3 Å². The molecule has 0 N–H and O–H groups in total. The number of thiazole rings is 1. The lowest BCUT2D eigenvalue weighted by Gasteiger charge is -2.00. The number of hydrogen-bond donors (Lipinski definition) is 0. The molecule has 8 heteroatoms. The Hall–Kier alpha value is -2.45. The summed E-state index contributed by atoms with van der Waals surface area (Å²) in [4.78, 5) is 14.9. The van der Waals surface area contributed by atoms with E-state index in [1.807, 2.05) is 24.3 Å². The quantitative estimate of drug-likeness (QED) is 0.459. The van der Waals surface area contributed by atoms with Gasteiger partial charge in [0.1, 0.15) is 5.01 Å². The Morgan fingerprint density at radius 3 is 2.96 bits per heavy atom. The molecule has 1 aliphatic rings. The summed E-state index contributed by atoms with van der Waals surface area (Å²) in [5, 5.41) is 11.6. The zero-order valence-electron chi connectivity index (χ0n) is 12.1. The summed E-state index contributed by atoms with van der Waals surface area (Å²) >= 11 is 4.87. The van der Waals surface area contributed by atoms with Crippen molar-refractivity contribution in [2.24, 2.45) is 0 Å². The number of aromatic nitrogens is 1. The Bertz CT molecular complexity index is 999. The number of nitro benzene ring substituents is 1. The van der Waals surface area contributed by atoms with Gasteiger partial charge in [-0.1, -0.05) is 6.08 Å². The second-order valence-electron chi connectivity index (χ2n) is 5.03. The van der Waals surface area contributed by atoms with E-state index in [4.69, 9.17) is 9.47 Å². The Kier molecular flexibility index (Phi) is 3.70. The highest BCUT2D eigenvalue weighted by atomic mass is 79.9. The molecule has 0 amide bonds.